The molecule has 1 unspecified atom stereocenters. The van der Waals surface area contributed by atoms with Crippen LogP contribution in [0.4, 0.5) is 0 Å². The molecule has 0 spiro atoms. The molecule has 0 aliphatic carbocycles. The van der Waals surface area contributed by atoms with Crippen molar-refractivity contribution in [3.05, 3.63) is 24.8 Å². The van der Waals surface area contributed by atoms with E-state index < -0.39 is 0 Å². The van der Waals surface area contributed by atoms with Crippen molar-refractivity contribution in [3.8, 4) is 0 Å². The number of hydrogen-bond donors (Lipinski definition) is 1. The Kier molecular flexibility index (Phi) is 7.71. The standard InChI is InChI=1S/C12H23N/c1-4-6-7-12(8-9-13)10-11(3)5-2/h5,12H,2-4,6-10,13H2,1H3. The van der Waals surface area contributed by atoms with E-state index in [0.717, 1.165) is 30.9 Å². The van der Waals surface area contributed by atoms with Crippen LogP contribution in [0.1, 0.15) is 39.0 Å². The van der Waals surface area contributed by atoms with Gasteiger partial charge in [0.1, 0.15) is 0 Å². The minimum absolute atomic E-state index is 0.718. The van der Waals surface area contributed by atoms with Crippen LogP contribution in [0.3, 0.4) is 0 Å². The fourth-order valence-electron chi connectivity index (χ4n) is 1.53. The van der Waals surface area contributed by atoms with E-state index in [9.17, 15) is 0 Å². The van der Waals surface area contributed by atoms with Crippen LogP contribution in [0.5, 0.6) is 0 Å². The van der Waals surface area contributed by atoms with Gasteiger partial charge in [-0.3, -0.25) is 0 Å². The Labute approximate surface area is 82.7 Å². The van der Waals surface area contributed by atoms with Gasteiger partial charge in [-0.05, 0) is 25.3 Å². The minimum atomic E-state index is 0.718. The summed E-state index contributed by atoms with van der Waals surface area (Å²) in [7, 11) is 0. The zero-order valence-corrected chi connectivity index (χ0v) is 8.89. The van der Waals surface area contributed by atoms with Crippen molar-refractivity contribution < 1.29 is 0 Å². The summed E-state index contributed by atoms with van der Waals surface area (Å²) in [5, 5.41) is 0. The molecule has 0 aromatic carbocycles. The maximum Gasteiger partial charge on any atom is -0.00745 e. The number of hydrogen-bond acceptors (Lipinski definition) is 1. The van der Waals surface area contributed by atoms with E-state index in [1.165, 1.54) is 19.3 Å². The first-order valence-corrected chi connectivity index (χ1v) is 5.24. The van der Waals surface area contributed by atoms with Crippen LogP contribution in [0, 0.1) is 5.92 Å². The normalized spacial score (nSPS) is 12.5. The third-order valence-electron chi connectivity index (χ3n) is 2.38. The van der Waals surface area contributed by atoms with E-state index in [1.54, 1.807) is 0 Å². The van der Waals surface area contributed by atoms with Gasteiger partial charge in [0, 0.05) is 0 Å². The molecule has 0 aliphatic heterocycles. The lowest BCUT2D eigenvalue weighted by atomic mass is 9.92. The first kappa shape index (κ1) is 12.4. The second-order valence-corrected chi connectivity index (χ2v) is 3.65. The van der Waals surface area contributed by atoms with Crippen LogP contribution in [0.15, 0.2) is 24.8 Å². The van der Waals surface area contributed by atoms with E-state index in [0.29, 0.717) is 0 Å². The first-order chi connectivity index (χ1) is 6.24. The molecule has 1 atom stereocenters. The predicted octanol–water partition coefficient (Wildman–Crippen LogP) is 3.27. The molecule has 0 aliphatic rings. The Morgan fingerprint density at radius 1 is 1.46 bits per heavy atom. The summed E-state index contributed by atoms with van der Waals surface area (Å²) in [6, 6.07) is 0. The predicted molar refractivity (Wildman–Crippen MR) is 60.6 cm³/mol. The molecule has 1 heteroatoms. The molecule has 0 radical (unpaired) electrons. The third-order valence-corrected chi connectivity index (χ3v) is 2.38. The molecule has 13 heavy (non-hydrogen) atoms. The van der Waals surface area contributed by atoms with E-state index in [2.05, 4.69) is 20.1 Å². The summed E-state index contributed by atoms with van der Waals surface area (Å²) < 4.78 is 0. The van der Waals surface area contributed by atoms with Crippen molar-refractivity contribution in [3.63, 3.8) is 0 Å². The quantitative estimate of drug-likeness (QED) is 0.571. The van der Waals surface area contributed by atoms with Crippen molar-refractivity contribution in [2.45, 2.75) is 39.0 Å². The van der Waals surface area contributed by atoms with Gasteiger partial charge in [0.15, 0.2) is 0 Å². The lowest BCUT2D eigenvalue weighted by Crippen LogP contribution is -2.09. The zero-order valence-electron chi connectivity index (χ0n) is 8.89. The second-order valence-electron chi connectivity index (χ2n) is 3.65. The fraction of sp³-hybridized carbons (Fsp3) is 0.667. The number of rotatable bonds is 8. The van der Waals surface area contributed by atoms with Crippen molar-refractivity contribution in [1.29, 1.82) is 0 Å². The molecule has 0 saturated carbocycles. The van der Waals surface area contributed by atoms with E-state index in [4.69, 9.17) is 5.73 Å². The molecule has 2 N–H and O–H groups in total. The number of unbranched alkanes of at least 4 members (excludes halogenated alkanes) is 1. The fourth-order valence-corrected chi connectivity index (χ4v) is 1.53. The molecule has 0 aromatic rings. The minimum Gasteiger partial charge on any atom is -0.330 e. The topological polar surface area (TPSA) is 26.0 Å². The Bertz CT molecular complexity index is 149. The average molecular weight is 181 g/mol. The number of allylic oxidation sites excluding steroid dienone is 2. The summed E-state index contributed by atoms with van der Waals surface area (Å²) in [5.74, 6) is 0.718. The molecule has 0 bridgehead atoms. The van der Waals surface area contributed by atoms with Crippen LogP contribution in [0.2, 0.25) is 0 Å². The van der Waals surface area contributed by atoms with Crippen molar-refractivity contribution in [2.75, 3.05) is 6.54 Å². The van der Waals surface area contributed by atoms with Crippen LogP contribution < -0.4 is 5.73 Å². The highest BCUT2D eigenvalue weighted by Gasteiger charge is 2.07. The van der Waals surface area contributed by atoms with Crippen LogP contribution in [-0.4, -0.2) is 6.54 Å². The summed E-state index contributed by atoms with van der Waals surface area (Å²) in [4.78, 5) is 0. The molecule has 1 nitrogen and oxygen atoms in total. The first-order valence-electron chi connectivity index (χ1n) is 5.24. The van der Waals surface area contributed by atoms with Gasteiger partial charge in [-0.2, -0.15) is 0 Å². The SMILES string of the molecule is C=CC(=C)CC(CCN)CCCC. The molecular formula is C12H23N. The van der Waals surface area contributed by atoms with Crippen molar-refractivity contribution >= 4 is 0 Å². The Balaban J connectivity index is 3.78. The van der Waals surface area contributed by atoms with Crippen LogP contribution in [0.25, 0.3) is 0 Å². The van der Waals surface area contributed by atoms with Gasteiger partial charge in [0.05, 0.1) is 0 Å². The summed E-state index contributed by atoms with van der Waals surface area (Å²) in [5.41, 5.74) is 6.71. The second kappa shape index (κ2) is 8.06. The van der Waals surface area contributed by atoms with Gasteiger partial charge >= 0.3 is 0 Å². The lowest BCUT2D eigenvalue weighted by molar-refractivity contribution is 0.439. The molecule has 0 fully saturated rings. The van der Waals surface area contributed by atoms with E-state index >= 15 is 0 Å². The maximum absolute atomic E-state index is 5.56. The van der Waals surface area contributed by atoms with Crippen molar-refractivity contribution in [2.24, 2.45) is 11.7 Å². The molecule has 0 rings (SSSR count). The van der Waals surface area contributed by atoms with Gasteiger partial charge in [-0.15, -0.1) is 0 Å². The molecule has 0 aromatic heterocycles. The van der Waals surface area contributed by atoms with Gasteiger partial charge in [-0.25, -0.2) is 0 Å². The maximum atomic E-state index is 5.56. The van der Waals surface area contributed by atoms with E-state index in [-0.39, 0.29) is 0 Å². The number of nitrogens with two attached hydrogens (primary N) is 1. The lowest BCUT2D eigenvalue weighted by Gasteiger charge is -2.15. The van der Waals surface area contributed by atoms with Crippen LogP contribution >= 0.6 is 0 Å². The van der Waals surface area contributed by atoms with Gasteiger partial charge < -0.3 is 5.73 Å². The van der Waals surface area contributed by atoms with E-state index in [1.807, 2.05) is 6.08 Å². The summed E-state index contributed by atoms with van der Waals surface area (Å²) >= 11 is 0. The summed E-state index contributed by atoms with van der Waals surface area (Å²) in [6.07, 6.45) is 7.89. The Morgan fingerprint density at radius 2 is 2.15 bits per heavy atom. The third kappa shape index (κ3) is 6.59. The molecule has 0 amide bonds. The highest BCUT2D eigenvalue weighted by Crippen LogP contribution is 2.20. The summed E-state index contributed by atoms with van der Waals surface area (Å²) in [6.45, 7) is 10.7. The Hall–Kier alpha value is -0.560. The molecule has 0 heterocycles. The molecule has 0 saturated heterocycles. The van der Waals surface area contributed by atoms with Crippen molar-refractivity contribution in [1.82, 2.24) is 0 Å². The van der Waals surface area contributed by atoms with Gasteiger partial charge in [0.2, 0.25) is 0 Å². The smallest absolute Gasteiger partial charge is 0.00745 e. The van der Waals surface area contributed by atoms with Crippen LogP contribution in [-0.2, 0) is 0 Å². The molecule has 76 valence electrons. The Morgan fingerprint density at radius 3 is 2.62 bits per heavy atom. The average Bonchev–Trinajstić information content (AvgIpc) is 2.14. The highest BCUT2D eigenvalue weighted by atomic mass is 14.5. The highest BCUT2D eigenvalue weighted by molar-refractivity contribution is 5.11. The monoisotopic (exact) mass is 181 g/mol. The zero-order chi connectivity index (χ0) is 10.1. The van der Waals surface area contributed by atoms with Gasteiger partial charge in [0.25, 0.3) is 0 Å². The van der Waals surface area contributed by atoms with Gasteiger partial charge in [-0.1, -0.05) is 51.0 Å². The largest absolute Gasteiger partial charge is 0.330 e. The molecular weight excluding hydrogens is 158 g/mol.